The van der Waals surface area contributed by atoms with Crippen LogP contribution >= 0.6 is 0 Å². The summed E-state index contributed by atoms with van der Waals surface area (Å²) >= 11 is 0. The van der Waals surface area contributed by atoms with Crippen molar-refractivity contribution in [2.45, 2.75) is 50.8 Å². The first-order chi connectivity index (χ1) is 8.56. The third-order valence-electron chi connectivity index (χ3n) is 2.76. The molecule has 0 heterocycles. The highest BCUT2D eigenvalue weighted by Crippen LogP contribution is 2.13. The number of sulfone groups is 1. The van der Waals surface area contributed by atoms with Crippen molar-refractivity contribution in [1.29, 1.82) is 0 Å². The van der Waals surface area contributed by atoms with Gasteiger partial charge in [0.15, 0.2) is 9.84 Å². The molecule has 0 aliphatic carbocycles. The van der Waals surface area contributed by atoms with Crippen LogP contribution in [-0.4, -0.2) is 8.42 Å². The van der Waals surface area contributed by atoms with Crippen molar-refractivity contribution in [1.82, 2.24) is 0 Å². The molecule has 0 unspecified atom stereocenters. The van der Waals surface area contributed by atoms with Gasteiger partial charge in [0.1, 0.15) is 0 Å². The van der Waals surface area contributed by atoms with Gasteiger partial charge in [-0.2, -0.15) is 0 Å². The fourth-order valence-electron chi connectivity index (χ4n) is 1.62. The zero-order chi connectivity index (χ0) is 13.4. The molecule has 99 valence electrons. The molecule has 0 bridgehead atoms. The minimum absolute atomic E-state index is 0.342. The van der Waals surface area contributed by atoms with Crippen molar-refractivity contribution >= 4 is 9.84 Å². The standard InChI is InChI=1S/C15H21O2S/c1-3-4-5-6-7-8-13-18(16,17)15-11-9-14(2)10-12-15/h9-13H,3-7H2,1-2H3. The van der Waals surface area contributed by atoms with Crippen molar-refractivity contribution in [3.8, 4) is 0 Å². The van der Waals surface area contributed by atoms with Gasteiger partial charge in [-0.25, -0.2) is 8.42 Å². The van der Waals surface area contributed by atoms with E-state index in [1.165, 1.54) is 18.2 Å². The van der Waals surface area contributed by atoms with Crippen LogP contribution in [0.3, 0.4) is 0 Å². The Labute approximate surface area is 111 Å². The van der Waals surface area contributed by atoms with Crippen LogP contribution in [0.4, 0.5) is 0 Å². The Morgan fingerprint density at radius 2 is 1.78 bits per heavy atom. The van der Waals surface area contributed by atoms with Crippen LogP contribution < -0.4 is 0 Å². The zero-order valence-corrected chi connectivity index (χ0v) is 12.0. The van der Waals surface area contributed by atoms with Crippen LogP contribution in [0.2, 0.25) is 0 Å². The van der Waals surface area contributed by atoms with Gasteiger partial charge in [0.25, 0.3) is 0 Å². The van der Waals surface area contributed by atoms with Gasteiger partial charge in [-0.3, -0.25) is 0 Å². The third-order valence-corrected chi connectivity index (χ3v) is 4.17. The summed E-state index contributed by atoms with van der Waals surface area (Å²) in [6.07, 6.45) is 8.13. The van der Waals surface area contributed by atoms with E-state index in [1.54, 1.807) is 12.1 Å². The largest absolute Gasteiger partial charge is 0.219 e. The molecule has 0 aromatic heterocycles. The molecule has 0 N–H and O–H groups in total. The molecule has 1 aromatic carbocycles. The first kappa shape index (κ1) is 15.0. The number of hydrogen-bond acceptors (Lipinski definition) is 2. The number of allylic oxidation sites excluding steroid dienone is 1. The first-order valence-electron chi connectivity index (χ1n) is 6.44. The first-order valence-corrected chi connectivity index (χ1v) is 7.99. The van der Waals surface area contributed by atoms with Crippen molar-refractivity contribution < 1.29 is 8.42 Å². The number of rotatable bonds is 7. The maximum atomic E-state index is 11.9. The molecule has 1 radical (unpaired) electrons. The van der Waals surface area contributed by atoms with Gasteiger partial charge in [-0.15, -0.1) is 0 Å². The molecular weight excluding hydrogens is 244 g/mol. The molecule has 0 fully saturated rings. The molecule has 0 amide bonds. The van der Waals surface area contributed by atoms with Gasteiger partial charge in [0.2, 0.25) is 0 Å². The van der Waals surface area contributed by atoms with Crippen LogP contribution in [-0.2, 0) is 9.84 Å². The van der Waals surface area contributed by atoms with Gasteiger partial charge >= 0.3 is 0 Å². The highest BCUT2D eigenvalue weighted by atomic mass is 32.2. The molecule has 2 nitrogen and oxygen atoms in total. The Bertz CT molecular complexity index is 470. The van der Waals surface area contributed by atoms with Crippen LogP contribution in [0.25, 0.3) is 0 Å². The summed E-state index contributed by atoms with van der Waals surface area (Å²) in [4.78, 5) is 0.342. The van der Waals surface area contributed by atoms with E-state index in [0.29, 0.717) is 11.3 Å². The second kappa shape index (κ2) is 7.37. The van der Waals surface area contributed by atoms with E-state index in [0.717, 1.165) is 18.4 Å². The lowest BCUT2D eigenvalue weighted by Gasteiger charge is -1.99. The third kappa shape index (κ3) is 5.05. The Kier molecular flexibility index (Phi) is 6.13. The molecule has 0 aliphatic heterocycles. The SMILES string of the molecule is CCCCCC[C]=CS(=O)(=O)c1ccc(C)cc1. The average molecular weight is 265 g/mol. The highest BCUT2D eigenvalue weighted by molar-refractivity contribution is 7.94. The fourth-order valence-corrected chi connectivity index (χ4v) is 2.61. The van der Waals surface area contributed by atoms with E-state index in [-0.39, 0.29) is 0 Å². The summed E-state index contributed by atoms with van der Waals surface area (Å²) in [6.45, 7) is 4.09. The average Bonchev–Trinajstić information content (AvgIpc) is 2.34. The van der Waals surface area contributed by atoms with Gasteiger partial charge in [-0.05, 0) is 38.0 Å². The molecule has 0 spiro atoms. The van der Waals surface area contributed by atoms with Crippen molar-refractivity contribution in [2.24, 2.45) is 0 Å². The Balaban J connectivity index is 2.54. The molecule has 0 saturated carbocycles. The second-order valence-corrected chi connectivity index (χ2v) is 6.29. The number of benzene rings is 1. The van der Waals surface area contributed by atoms with Crippen molar-refractivity contribution in [3.63, 3.8) is 0 Å². The van der Waals surface area contributed by atoms with Gasteiger partial charge in [-0.1, -0.05) is 43.9 Å². The van der Waals surface area contributed by atoms with Gasteiger partial charge < -0.3 is 0 Å². The summed E-state index contributed by atoms with van der Waals surface area (Å²) < 4.78 is 23.8. The maximum absolute atomic E-state index is 11.9. The summed E-state index contributed by atoms with van der Waals surface area (Å²) in [6, 6.07) is 6.89. The van der Waals surface area contributed by atoms with Crippen molar-refractivity contribution in [3.05, 3.63) is 41.3 Å². The van der Waals surface area contributed by atoms with E-state index < -0.39 is 9.84 Å². The highest BCUT2D eigenvalue weighted by Gasteiger charge is 2.08. The lowest BCUT2D eigenvalue weighted by molar-refractivity contribution is 0.604. The minimum atomic E-state index is -3.31. The summed E-state index contributed by atoms with van der Waals surface area (Å²) in [5, 5.41) is 1.21. The Hall–Kier alpha value is -1.09. The van der Waals surface area contributed by atoms with E-state index in [4.69, 9.17) is 0 Å². The van der Waals surface area contributed by atoms with Gasteiger partial charge in [0, 0.05) is 5.41 Å². The lowest BCUT2D eigenvalue weighted by Crippen LogP contribution is -1.96. The quantitative estimate of drug-likeness (QED) is 0.697. The summed E-state index contributed by atoms with van der Waals surface area (Å²) in [5.41, 5.74) is 1.06. The molecule has 1 rings (SSSR count). The summed E-state index contributed by atoms with van der Waals surface area (Å²) in [5.74, 6) is 0. The van der Waals surface area contributed by atoms with E-state index >= 15 is 0 Å². The molecule has 3 heteroatoms. The van der Waals surface area contributed by atoms with Crippen LogP contribution in [0.5, 0.6) is 0 Å². The van der Waals surface area contributed by atoms with Crippen LogP contribution in [0.1, 0.15) is 44.6 Å². The van der Waals surface area contributed by atoms with Crippen molar-refractivity contribution in [2.75, 3.05) is 0 Å². The van der Waals surface area contributed by atoms with E-state index in [1.807, 2.05) is 19.1 Å². The topological polar surface area (TPSA) is 34.1 Å². The maximum Gasteiger partial charge on any atom is 0.200 e. The second-order valence-electron chi connectivity index (χ2n) is 4.49. The molecule has 18 heavy (non-hydrogen) atoms. The number of aryl methyl sites for hydroxylation is 1. The Morgan fingerprint density at radius 1 is 1.11 bits per heavy atom. The van der Waals surface area contributed by atoms with Crippen LogP contribution in [0.15, 0.2) is 34.6 Å². The van der Waals surface area contributed by atoms with Gasteiger partial charge in [0.05, 0.1) is 4.90 Å². The predicted molar refractivity (Wildman–Crippen MR) is 74.9 cm³/mol. The van der Waals surface area contributed by atoms with Crippen LogP contribution in [0, 0.1) is 13.0 Å². The Morgan fingerprint density at radius 3 is 2.39 bits per heavy atom. The molecule has 1 aromatic rings. The summed E-state index contributed by atoms with van der Waals surface area (Å²) in [7, 11) is -3.31. The van der Waals surface area contributed by atoms with E-state index in [2.05, 4.69) is 13.0 Å². The molecular formula is C15H21O2S. The zero-order valence-electron chi connectivity index (χ0n) is 11.1. The number of hydrogen-bond donors (Lipinski definition) is 0. The normalized spacial score (nSPS) is 12.1. The minimum Gasteiger partial charge on any atom is -0.219 e. The predicted octanol–water partition coefficient (Wildman–Crippen LogP) is 4.06. The lowest BCUT2D eigenvalue weighted by atomic mass is 10.2. The van der Waals surface area contributed by atoms with E-state index in [9.17, 15) is 8.42 Å². The molecule has 0 atom stereocenters. The molecule has 0 aliphatic rings. The smallest absolute Gasteiger partial charge is 0.200 e. The molecule has 0 saturated heterocycles. The fraction of sp³-hybridized carbons (Fsp3) is 0.467. The monoisotopic (exact) mass is 265 g/mol. The number of unbranched alkanes of at least 4 members (excludes halogenated alkanes) is 4.